The van der Waals surface area contributed by atoms with Gasteiger partial charge in [0.05, 0.1) is 18.6 Å². The van der Waals surface area contributed by atoms with Crippen molar-refractivity contribution in [2.45, 2.75) is 19.4 Å². The number of Topliss-reactive ketones (excluding diaryl/α,β-unsaturated/α-hetero) is 1. The number of ketones is 1. The van der Waals surface area contributed by atoms with E-state index in [2.05, 4.69) is 0 Å². The van der Waals surface area contributed by atoms with Crippen LogP contribution in [0.2, 0.25) is 5.02 Å². The smallest absolute Gasteiger partial charge is 0.170 e. The maximum absolute atomic E-state index is 12.3. The van der Waals surface area contributed by atoms with E-state index < -0.39 is 0 Å². The molecule has 108 valence electrons. The molecule has 0 N–H and O–H groups in total. The van der Waals surface area contributed by atoms with Gasteiger partial charge in [-0.3, -0.25) is 4.79 Å². The molecule has 0 bridgehead atoms. The van der Waals surface area contributed by atoms with Gasteiger partial charge in [-0.1, -0.05) is 23.7 Å². The van der Waals surface area contributed by atoms with Gasteiger partial charge in [0, 0.05) is 5.02 Å². The molecule has 0 fully saturated rings. The van der Waals surface area contributed by atoms with E-state index in [-0.39, 0.29) is 11.9 Å². The summed E-state index contributed by atoms with van der Waals surface area (Å²) in [5, 5.41) is 0.544. The third-order valence-corrected chi connectivity index (χ3v) is 3.66. The van der Waals surface area contributed by atoms with Crippen LogP contribution in [0.15, 0.2) is 42.5 Å². The topological polar surface area (TPSA) is 35.5 Å². The Bertz CT molecular complexity index is 681. The molecule has 21 heavy (non-hydrogen) atoms. The SMILES string of the molecule is CCOc1cccc(C2CC(=O)c3cc(Cl)ccc3O2)c1. The number of carbonyl (C=O) groups excluding carboxylic acids is 1. The first-order chi connectivity index (χ1) is 10.2. The molecule has 1 aliphatic rings. The number of hydrogen-bond acceptors (Lipinski definition) is 3. The fraction of sp³-hybridized carbons (Fsp3) is 0.235. The van der Waals surface area contributed by atoms with Crippen LogP contribution in [0.1, 0.15) is 35.4 Å². The van der Waals surface area contributed by atoms with Crippen molar-refractivity contribution in [3.63, 3.8) is 0 Å². The van der Waals surface area contributed by atoms with Crippen molar-refractivity contribution in [1.29, 1.82) is 0 Å². The average molecular weight is 303 g/mol. The Morgan fingerprint density at radius 2 is 2.14 bits per heavy atom. The minimum atomic E-state index is -0.286. The zero-order valence-electron chi connectivity index (χ0n) is 11.6. The van der Waals surface area contributed by atoms with Gasteiger partial charge in [0.15, 0.2) is 5.78 Å². The molecule has 3 rings (SSSR count). The zero-order valence-corrected chi connectivity index (χ0v) is 12.4. The van der Waals surface area contributed by atoms with E-state index in [0.29, 0.717) is 29.4 Å². The molecule has 0 amide bonds. The quantitative estimate of drug-likeness (QED) is 0.840. The molecule has 2 aromatic carbocycles. The molecule has 1 heterocycles. The highest BCUT2D eigenvalue weighted by Crippen LogP contribution is 2.36. The van der Waals surface area contributed by atoms with E-state index in [1.807, 2.05) is 31.2 Å². The van der Waals surface area contributed by atoms with Crippen molar-refractivity contribution in [1.82, 2.24) is 0 Å². The number of carbonyl (C=O) groups is 1. The molecular formula is C17H15ClO3. The normalized spacial score (nSPS) is 17.0. The van der Waals surface area contributed by atoms with Gasteiger partial charge in [0.25, 0.3) is 0 Å². The highest BCUT2D eigenvalue weighted by atomic mass is 35.5. The molecule has 2 aromatic rings. The molecule has 0 aromatic heterocycles. The maximum atomic E-state index is 12.3. The van der Waals surface area contributed by atoms with Crippen LogP contribution in [0.3, 0.4) is 0 Å². The molecule has 0 aliphatic carbocycles. The summed E-state index contributed by atoms with van der Waals surface area (Å²) in [6.07, 6.45) is 0.0229. The molecule has 1 aliphatic heterocycles. The van der Waals surface area contributed by atoms with E-state index in [9.17, 15) is 4.79 Å². The van der Waals surface area contributed by atoms with Crippen LogP contribution < -0.4 is 9.47 Å². The van der Waals surface area contributed by atoms with Gasteiger partial charge in [0.1, 0.15) is 17.6 Å². The minimum absolute atomic E-state index is 0.0468. The summed E-state index contributed by atoms with van der Waals surface area (Å²) >= 11 is 5.93. The summed E-state index contributed by atoms with van der Waals surface area (Å²) in [6, 6.07) is 12.8. The monoisotopic (exact) mass is 302 g/mol. The third-order valence-electron chi connectivity index (χ3n) is 3.42. The van der Waals surface area contributed by atoms with Gasteiger partial charge < -0.3 is 9.47 Å². The van der Waals surface area contributed by atoms with Crippen LogP contribution >= 0.6 is 11.6 Å². The fourth-order valence-electron chi connectivity index (χ4n) is 2.45. The van der Waals surface area contributed by atoms with E-state index in [1.165, 1.54) is 0 Å². The summed E-state index contributed by atoms with van der Waals surface area (Å²) in [6.45, 7) is 2.54. The summed E-state index contributed by atoms with van der Waals surface area (Å²) in [7, 11) is 0. The first kappa shape index (κ1) is 14.0. The van der Waals surface area contributed by atoms with Crippen LogP contribution in [0.4, 0.5) is 0 Å². The highest BCUT2D eigenvalue weighted by Gasteiger charge is 2.28. The molecule has 0 saturated carbocycles. The second kappa shape index (κ2) is 5.78. The van der Waals surface area contributed by atoms with Gasteiger partial charge in [-0.2, -0.15) is 0 Å². The lowest BCUT2D eigenvalue weighted by atomic mass is 9.96. The Balaban J connectivity index is 1.90. The second-order valence-corrected chi connectivity index (χ2v) is 5.32. The van der Waals surface area contributed by atoms with Gasteiger partial charge in [-0.15, -0.1) is 0 Å². The van der Waals surface area contributed by atoms with Crippen molar-refractivity contribution < 1.29 is 14.3 Å². The Hall–Kier alpha value is -2.00. The van der Waals surface area contributed by atoms with Gasteiger partial charge in [-0.25, -0.2) is 0 Å². The molecule has 0 radical (unpaired) electrons. The predicted molar refractivity (Wildman–Crippen MR) is 81.4 cm³/mol. The summed E-state index contributed by atoms with van der Waals surface area (Å²) < 4.78 is 11.4. The molecule has 0 spiro atoms. The number of fused-ring (bicyclic) bond motifs is 1. The Morgan fingerprint density at radius 3 is 2.95 bits per heavy atom. The minimum Gasteiger partial charge on any atom is -0.494 e. The Kier molecular flexibility index (Phi) is 3.84. The first-order valence-corrected chi connectivity index (χ1v) is 7.27. The molecule has 0 saturated heterocycles. The Labute approximate surface area is 128 Å². The lowest BCUT2D eigenvalue weighted by Gasteiger charge is -2.25. The second-order valence-electron chi connectivity index (χ2n) is 4.88. The third kappa shape index (κ3) is 2.88. The maximum Gasteiger partial charge on any atom is 0.170 e. The van der Waals surface area contributed by atoms with E-state index >= 15 is 0 Å². The largest absolute Gasteiger partial charge is 0.494 e. The van der Waals surface area contributed by atoms with Crippen molar-refractivity contribution in [2.24, 2.45) is 0 Å². The van der Waals surface area contributed by atoms with Crippen LogP contribution in [0.5, 0.6) is 11.5 Å². The molecule has 1 atom stereocenters. The van der Waals surface area contributed by atoms with E-state index in [1.54, 1.807) is 18.2 Å². The molecule has 4 heteroatoms. The first-order valence-electron chi connectivity index (χ1n) is 6.89. The van der Waals surface area contributed by atoms with Crippen molar-refractivity contribution in [3.8, 4) is 11.5 Å². The number of ether oxygens (including phenoxy) is 2. The van der Waals surface area contributed by atoms with Crippen LogP contribution in [-0.2, 0) is 0 Å². The number of halogens is 1. The van der Waals surface area contributed by atoms with Gasteiger partial charge in [0.2, 0.25) is 0 Å². The van der Waals surface area contributed by atoms with Gasteiger partial charge >= 0.3 is 0 Å². The lowest BCUT2D eigenvalue weighted by Crippen LogP contribution is -2.20. The van der Waals surface area contributed by atoms with Crippen molar-refractivity contribution in [3.05, 3.63) is 58.6 Å². The number of benzene rings is 2. The van der Waals surface area contributed by atoms with Crippen LogP contribution in [-0.4, -0.2) is 12.4 Å². The Morgan fingerprint density at radius 1 is 1.29 bits per heavy atom. The summed E-state index contributed by atoms with van der Waals surface area (Å²) in [5.74, 6) is 1.42. The van der Waals surface area contributed by atoms with E-state index in [0.717, 1.165) is 11.3 Å². The van der Waals surface area contributed by atoms with E-state index in [4.69, 9.17) is 21.1 Å². The van der Waals surface area contributed by atoms with Crippen molar-refractivity contribution in [2.75, 3.05) is 6.61 Å². The highest BCUT2D eigenvalue weighted by molar-refractivity contribution is 6.31. The molecular weight excluding hydrogens is 288 g/mol. The standard InChI is InChI=1S/C17H15ClO3/c1-2-20-13-5-3-4-11(8-13)17-10-15(19)14-9-12(18)6-7-16(14)21-17/h3-9,17H,2,10H2,1H3. The molecule has 3 nitrogen and oxygen atoms in total. The van der Waals surface area contributed by atoms with Crippen molar-refractivity contribution >= 4 is 17.4 Å². The number of hydrogen-bond donors (Lipinski definition) is 0. The summed E-state index contributed by atoms with van der Waals surface area (Å²) in [5.41, 5.74) is 1.50. The van der Waals surface area contributed by atoms with Crippen LogP contribution in [0.25, 0.3) is 0 Å². The number of rotatable bonds is 3. The summed E-state index contributed by atoms with van der Waals surface area (Å²) in [4.78, 5) is 12.3. The fourth-order valence-corrected chi connectivity index (χ4v) is 2.63. The van der Waals surface area contributed by atoms with Crippen LogP contribution in [0, 0.1) is 0 Å². The molecule has 1 unspecified atom stereocenters. The zero-order chi connectivity index (χ0) is 14.8. The predicted octanol–water partition coefficient (Wildman–Crippen LogP) is 4.45. The lowest BCUT2D eigenvalue weighted by molar-refractivity contribution is 0.0849. The van der Waals surface area contributed by atoms with Gasteiger partial charge in [-0.05, 0) is 42.8 Å². The average Bonchev–Trinajstić information content (AvgIpc) is 2.48.